The Morgan fingerprint density at radius 2 is 2.06 bits per heavy atom. The van der Waals surface area contributed by atoms with Crippen LogP contribution in [-0.2, 0) is 4.79 Å². The Morgan fingerprint density at radius 1 is 1.38 bits per heavy atom. The van der Waals surface area contributed by atoms with Crippen LogP contribution < -0.4 is 5.73 Å². The molecular formula is C12H12N2O2. The molecule has 4 heteroatoms. The Kier molecular flexibility index (Phi) is 4.03. The first-order valence-electron chi connectivity index (χ1n) is 4.59. The third-order valence-corrected chi connectivity index (χ3v) is 2.00. The van der Waals surface area contributed by atoms with Gasteiger partial charge in [0.15, 0.2) is 0 Å². The molecule has 1 aromatic carbocycles. The van der Waals surface area contributed by atoms with Crippen molar-refractivity contribution < 1.29 is 9.90 Å². The van der Waals surface area contributed by atoms with Crippen LogP contribution >= 0.6 is 0 Å². The van der Waals surface area contributed by atoms with Gasteiger partial charge in [-0.05, 0) is 23.8 Å². The molecule has 4 nitrogen and oxygen atoms in total. The van der Waals surface area contributed by atoms with Crippen molar-refractivity contribution in [3.8, 4) is 5.75 Å². The van der Waals surface area contributed by atoms with Crippen molar-refractivity contribution in [3.63, 3.8) is 0 Å². The highest BCUT2D eigenvalue weighted by Gasteiger charge is 2.02. The molecule has 0 aliphatic heterocycles. The number of carbonyl (C=O) groups excluding carboxylic acids is 1. The van der Waals surface area contributed by atoms with Gasteiger partial charge in [-0.3, -0.25) is 9.78 Å². The first kappa shape index (κ1) is 11.7. The number of primary amides is 1. The van der Waals surface area contributed by atoms with Crippen molar-refractivity contribution in [3.05, 3.63) is 42.6 Å². The van der Waals surface area contributed by atoms with Gasteiger partial charge in [0.2, 0.25) is 6.41 Å². The molecule has 1 heterocycles. The second-order valence-corrected chi connectivity index (χ2v) is 2.91. The number of hydrogen-bond acceptors (Lipinski definition) is 3. The molecule has 16 heavy (non-hydrogen) atoms. The molecule has 2 aromatic rings. The smallest absolute Gasteiger partial charge is 0.204 e. The zero-order valence-electron chi connectivity index (χ0n) is 8.63. The molecular weight excluding hydrogens is 204 g/mol. The van der Waals surface area contributed by atoms with Crippen LogP contribution in [0.5, 0.6) is 5.75 Å². The van der Waals surface area contributed by atoms with Crippen LogP contribution in [0.4, 0.5) is 0 Å². The number of rotatable bonds is 1. The molecule has 0 radical (unpaired) electrons. The Bertz CT molecular complexity index is 504. The Balaban J connectivity index is 0.000000386. The number of nitrogens with two attached hydrogens (primary N) is 1. The predicted octanol–water partition coefficient (Wildman–Crippen LogP) is 1.68. The average Bonchev–Trinajstić information content (AvgIpc) is 2.30. The first-order valence-corrected chi connectivity index (χ1v) is 4.59. The van der Waals surface area contributed by atoms with E-state index in [1.54, 1.807) is 24.4 Å². The molecule has 3 N–H and O–H groups in total. The highest BCUT2D eigenvalue weighted by atomic mass is 16.3. The minimum Gasteiger partial charge on any atom is -0.507 e. The summed E-state index contributed by atoms with van der Waals surface area (Å²) in [6.45, 7) is 3.68. The molecule has 0 saturated heterocycles. The standard InChI is InChI=1S/C11H9NO.CH3NO/c1-2-8-6-7-12-9-4-3-5-10(13)11(8)9;2-1-3/h2-7,13H,1H2;1H,(H2,2,3). The summed E-state index contributed by atoms with van der Waals surface area (Å²) in [6, 6.07) is 7.12. The van der Waals surface area contributed by atoms with Gasteiger partial charge in [-0.25, -0.2) is 0 Å². The van der Waals surface area contributed by atoms with E-state index in [2.05, 4.69) is 17.3 Å². The minimum atomic E-state index is 0.250. The lowest BCUT2D eigenvalue weighted by Crippen LogP contribution is -1.82. The number of benzene rings is 1. The molecule has 0 spiro atoms. The van der Waals surface area contributed by atoms with E-state index in [-0.39, 0.29) is 12.2 Å². The van der Waals surface area contributed by atoms with E-state index < -0.39 is 0 Å². The van der Waals surface area contributed by atoms with Crippen LogP contribution in [0.2, 0.25) is 0 Å². The monoisotopic (exact) mass is 216 g/mol. The molecule has 0 aliphatic carbocycles. The number of fused-ring (bicyclic) bond motifs is 1. The van der Waals surface area contributed by atoms with E-state index in [0.29, 0.717) is 0 Å². The van der Waals surface area contributed by atoms with Crippen molar-refractivity contribution in [2.75, 3.05) is 0 Å². The second-order valence-electron chi connectivity index (χ2n) is 2.91. The molecule has 82 valence electrons. The average molecular weight is 216 g/mol. The zero-order chi connectivity index (χ0) is 12.0. The lowest BCUT2D eigenvalue weighted by atomic mass is 10.1. The van der Waals surface area contributed by atoms with Gasteiger partial charge >= 0.3 is 0 Å². The third-order valence-electron chi connectivity index (χ3n) is 2.00. The summed E-state index contributed by atoms with van der Waals surface area (Å²) in [7, 11) is 0. The number of phenolic OH excluding ortho intramolecular Hbond substituents is 1. The maximum atomic E-state index is 9.60. The van der Waals surface area contributed by atoms with Crippen LogP contribution in [0.15, 0.2) is 37.0 Å². The van der Waals surface area contributed by atoms with E-state index in [4.69, 9.17) is 4.79 Å². The summed E-state index contributed by atoms with van der Waals surface area (Å²) in [5, 5.41) is 10.4. The fourth-order valence-corrected chi connectivity index (χ4v) is 1.38. The SMILES string of the molecule is C=Cc1ccnc2cccc(O)c12.NC=O. The third kappa shape index (κ3) is 2.36. The fraction of sp³-hybridized carbons (Fsp3) is 0. The van der Waals surface area contributed by atoms with E-state index in [0.717, 1.165) is 16.5 Å². The molecule has 0 saturated carbocycles. The molecule has 0 atom stereocenters. The maximum absolute atomic E-state index is 9.60. The quantitative estimate of drug-likeness (QED) is 0.712. The van der Waals surface area contributed by atoms with E-state index in [9.17, 15) is 5.11 Å². The van der Waals surface area contributed by atoms with E-state index in [1.807, 2.05) is 12.1 Å². The number of aromatic hydroxyl groups is 1. The summed E-state index contributed by atoms with van der Waals surface area (Å²) in [5.74, 6) is 0.250. The molecule has 0 aliphatic rings. The second kappa shape index (κ2) is 5.50. The predicted molar refractivity (Wildman–Crippen MR) is 63.8 cm³/mol. The van der Waals surface area contributed by atoms with Crippen molar-refractivity contribution in [1.82, 2.24) is 4.98 Å². The summed E-state index contributed by atoms with van der Waals surface area (Å²) in [6.07, 6.45) is 3.67. The van der Waals surface area contributed by atoms with Gasteiger partial charge in [-0.2, -0.15) is 0 Å². The van der Waals surface area contributed by atoms with Gasteiger partial charge in [0.1, 0.15) is 5.75 Å². The van der Waals surface area contributed by atoms with Crippen LogP contribution in [0, 0.1) is 0 Å². The van der Waals surface area contributed by atoms with Gasteiger partial charge < -0.3 is 10.8 Å². The summed E-state index contributed by atoms with van der Waals surface area (Å²) < 4.78 is 0. The molecule has 0 fully saturated rings. The van der Waals surface area contributed by atoms with Crippen molar-refractivity contribution in [2.24, 2.45) is 5.73 Å². The van der Waals surface area contributed by atoms with E-state index in [1.165, 1.54) is 0 Å². The lowest BCUT2D eigenvalue weighted by molar-refractivity contribution is -0.106. The molecule has 2 rings (SSSR count). The Hall–Kier alpha value is -2.36. The highest BCUT2D eigenvalue weighted by Crippen LogP contribution is 2.26. The summed E-state index contributed by atoms with van der Waals surface area (Å²) in [4.78, 5) is 12.7. The number of nitrogens with zero attached hydrogens (tertiary/aromatic N) is 1. The van der Waals surface area contributed by atoms with Crippen LogP contribution in [0.3, 0.4) is 0 Å². The van der Waals surface area contributed by atoms with Gasteiger partial charge in [-0.15, -0.1) is 0 Å². The van der Waals surface area contributed by atoms with Gasteiger partial charge in [-0.1, -0.05) is 18.7 Å². The number of hydrogen-bond donors (Lipinski definition) is 2. The summed E-state index contributed by atoms with van der Waals surface area (Å²) >= 11 is 0. The Labute approximate surface area is 93.0 Å². The largest absolute Gasteiger partial charge is 0.507 e. The molecule has 1 aromatic heterocycles. The summed E-state index contributed by atoms with van der Waals surface area (Å²) in [5.41, 5.74) is 5.86. The van der Waals surface area contributed by atoms with Gasteiger partial charge in [0.05, 0.1) is 5.52 Å². The number of phenols is 1. The minimum absolute atomic E-state index is 0.250. The van der Waals surface area contributed by atoms with Crippen molar-refractivity contribution >= 4 is 23.4 Å². The Morgan fingerprint density at radius 3 is 2.69 bits per heavy atom. The number of pyridine rings is 1. The van der Waals surface area contributed by atoms with Crippen LogP contribution in [0.1, 0.15) is 5.56 Å². The van der Waals surface area contributed by atoms with Crippen LogP contribution in [-0.4, -0.2) is 16.5 Å². The number of carbonyl (C=O) groups is 1. The molecule has 1 amide bonds. The lowest BCUT2D eigenvalue weighted by Gasteiger charge is -2.02. The van der Waals surface area contributed by atoms with Crippen molar-refractivity contribution in [1.29, 1.82) is 0 Å². The van der Waals surface area contributed by atoms with Crippen molar-refractivity contribution in [2.45, 2.75) is 0 Å². The van der Waals surface area contributed by atoms with E-state index >= 15 is 0 Å². The molecule has 0 bridgehead atoms. The van der Waals surface area contributed by atoms with Gasteiger partial charge in [0.25, 0.3) is 0 Å². The fourth-order valence-electron chi connectivity index (χ4n) is 1.38. The first-order chi connectivity index (χ1) is 7.74. The van der Waals surface area contributed by atoms with Gasteiger partial charge in [0, 0.05) is 11.6 Å². The molecule has 0 unspecified atom stereocenters. The van der Waals surface area contributed by atoms with Crippen LogP contribution in [0.25, 0.3) is 17.0 Å². The zero-order valence-corrected chi connectivity index (χ0v) is 8.63. The topological polar surface area (TPSA) is 76.2 Å². The number of amides is 1. The number of aromatic nitrogens is 1. The maximum Gasteiger partial charge on any atom is 0.204 e. The normalized spacial score (nSPS) is 9.00. The highest BCUT2D eigenvalue weighted by molar-refractivity contribution is 5.92.